The summed E-state index contributed by atoms with van der Waals surface area (Å²) in [5, 5.41) is 8.98. The molecule has 8 nitrogen and oxygen atoms in total. The number of piperidine rings is 1. The van der Waals surface area contributed by atoms with Crippen molar-refractivity contribution >= 4 is 21.9 Å². The predicted octanol–water partition coefficient (Wildman–Crippen LogP) is 1.41. The lowest BCUT2D eigenvalue weighted by molar-refractivity contribution is -0.121. The Labute approximate surface area is 170 Å². The summed E-state index contributed by atoms with van der Waals surface area (Å²) < 4.78 is 61.3. The van der Waals surface area contributed by atoms with E-state index in [4.69, 9.17) is 0 Å². The van der Waals surface area contributed by atoms with E-state index < -0.39 is 15.5 Å². The molecule has 1 aliphatic rings. The number of amides is 1. The molecular weight excluding hydrogens is 411 g/mol. The van der Waals surface area contributed by atoms with Gasteiger partial charge in [-0.2, -0.15) is 17.5 Å². The Kier molecular flexibility index (Phi) is 10.2. The van der Waals surface area contributed by atoms with Crippen LogP contribution in [0.5, 0.6) is 0 Å². The molecule has 0 bridgehead atoms. The van der Waals surface area contributed by atoms with Gasteiger partial charge in [-0.1, -0.05) is 6.92 Å². The zero-order valence-electron chi connectivity index (χ0n) is 17.2. The molecule has 1 amide bonds. The van der Waals surface area contributed by atoms with Crippen LogP contribution < -0.4 is 16.0 Å². The second-order valence-electron chi connectivity index (χ2n) is 7.07. The van der Waals surface area contributed by atoms with Crippen LogP contribution in [0.25, 0.3) is 0 Å². The van der Waals surface area contributed by atoms with Gasteiger partial charge in [0.1, 0.15) is 0 Å². The van der Waals surface area contributed by atoms with Crippen molar-refractivity contribution in [2.45, 2.75) is 58.0 Å². The van der Waals surface area contributed by atoms with Crippen LogP contribution >= 0.6 is 0 Å². The molecule has 0 aromatic heterocycles. The Morgan fingerprint density at radius 2 is 1.83 bits per heavy atom. The van der Waals surface area contributed by atoms with Crippen LogP contribution in [-0.2, 0) is 14.8 Å². The van der Waals surface area contributed by atoms with Crippen molar-refractivity contribution in [3.63, 3.8) is 0 Å². The lowest BCUT2D eigenvalue weighted by atomic mass is 9.98. The first-order valence-electron chi connectivity index (χ1n) is 9.89. The fourth-order valence-corrected chi connectivity index (χ4v) is 3.77. The predicted molar refractivity (Wildman–Crippen MR) is 106 cm³/mol. The van der Waals surface area contributed by atoms with Gasteiger partial charge in [0.05, 0.1) is 0 Å². The smallest absolute Gasteiger partial charge is 0.357 e. The van der Waals surface area contributed by atoms with E-state index >= 15 is 0 Å². The molecule has 0 aliphatic carbocycles. The fraction of sp³-hybridized carbons (Fsp3) is 0.882. The molecule has 1 rings (SSSR count). The van der Waals surface area contributed by atoms with E-state index in [1.807, 2.05) is 20.8 Å². The van der Waals surface area contributed by atoms with Gasteiger partial charge in [0.25, 0.3) is 0 Å². The molecule has 29 heavy (non-hydrogen) atoms. The number of carbonyl (C=O) groups excluding carboxylic acids is 1. The Balaban J connectivity index is 2.47. The third-order valence-electron chi connectivity index (χ3n) is 4.72. The number of guanidine groups is 1. The van der Waals surface area contributed by atoms with Gasteiger partial charge in [-0.05, 0) is 39.0 Å². The molecule has 1 unspecified atom stereocenters. The average Bonchev–Trinajstić information content (AvgIpc) is 2.65. The SMILES string of the molecule is CCNC(=NCC1CCN(S(=O)(=O)C(F)(F)F)CC1)NCCC(=O)NC(C)CC. The Morgan fingerprint density at radius 1 is 1.21 bits per heavy atom. The van der Waals surface area contributed by atoms with E-state index in [0.717, 1.165) is 6.42 Å². The molecule has 170 valence electrons. The zero-order valence-corrected chi connectivity index (χ0v) is 18.0. The van der Waals surface area contributed by atoms with Crippen LogP contribution in [0.15, 0.2) is 4.99 Å². The number of aliphatic imine (C=N–C) groups is 1. The first-order chi connectivity index (χ1) is 13.5. The maximum absolute atomic E-state index is 12.6. The standard InChI is InChI=1S/C17H32F3N5O3S/c1-4-13(3)24-15(26)6-9-22-16(21-5-2)23-12-14-7-10-25(11-8-14)29(27,28)17(18,19)20/h13-14H,4-12H2,1-3H3,(H,24,26)(H2,21,22,23). The number of rotatable bonds is 9. The van der Waals surface area contributed by atoms with Crippen LogP contribution in [0, 0.1) is 5.92 Å². The number of alkyl halides is 3. The Bertz CT molecular complexity index is 647. The van der Waals surface area contributed by atoms with Crippen molar-refractivity contribution in [3.8, 4) is 0 Å². The van der Waals surface area contributed by atoms with E-state index in [1.54, 1.807) is 0 Å². The molecular formula is C17H32F3N5O3S. The number of nitrogens with zero attached hydrogens (tertiary/aromatic N) is 2. The molecule has 0 saturated carbocycles. The highest BCUT2D eigenvalue weighted by molar-refractivity contribution is 7.90. The van der Waals surface area contributed by atoms with Crippen LogP contribution in [0.3, 0.4) is 0 Å². The number of nitrogens with one attached hydrogen (secondary N) is 3. The van der Waals surface area contributed by atoms with Crippen molar-refractivity contribution in [1.29, 1.82) is 0 Å². The number of halogens is 3. The summed E-state index contributed by atoms with van der Waals surface area (Å²) >= 11 is 0. The zero-order chi connectivity index (χ0) is 22.1. The topological polar surface area (TPSA) is 103 Å². The first-order valence-corrected chi connectivity index (χ1v) is 11.3. The fourth-order valence-electron chi connectivity index (χ4n) is 2.78. The maximum Gasteiger partial charge on any atom is 0.511 e. The summed E-state index contributed by atoms with van der Waals surface area (Å²) in [6, 6.07) is 0.122. The van der Waals surface area contributed by atoms with Crippen molar-refractivity contribution in [3.05, 3.63) is 0 Å². The van der Waals surface area contributed by atoms with Crippen molar-refractivity contribution in [2.75, 3.05) is 32.7 Å². The molecule has 1 saturated heterocycles. The molecule has 0 aromatic carbocycles. The molecule has 0 aromatic rings. The summed E-state index contributed by atoms with van der Waals surface area (Å²) in [5.74, 6) is 0.467. The van der Waals surface area contributed by atoms with Crippen LogP contribution in [0.4, 0.5) is 13.2 Å². The van der Waals surface area contributed by atoms with Gasteiger partial charge in [0, 0.05) is 45.2 Å². The third-order valence-corrected chi connectivity index (χ3v) is 6.35. The molecule has 0 spiro atoms. The lowest BCUT2D eigenvalue weighted by Gasteiger charge is -2.30. The van der Waals surface area contributed by atoms with Gasteiger partial charge in [0.15, 0.2) is 5.96 Å². The highest BCUT2D eigenvalue weighted by atomic mass is 32.2. The molecule has 1 aliphatic heterocycles. The largest absolute Gasteiger partial charge is 0.511 e. The second-order valence-corrected chi connectivity index (χ2v) is 9.00. The molecule has 1 fully saturated rings. The maximum atomic E-state index is 12.6. The van der Waals surface area contributed by atoms with Crippen molar-refractivity contribution in [2.24, 2.45) is 10.9 Å². The van der Waals surface area contributed by atoms with E-state index in [1.165, 1.54) is 0 Å². The van der Waals surface area contributed by atoms with E-state index in [9.17, 15) is 26.4 Å². The number of sulfonamides is 1. The molecule has 3 N–H and O–H groups in total. The minimum absolute atomic E-state index is 0.00107. The van der Waals surface area contributed by atoms with Crippen LogP contribution in [-0.4, -0.2) is 68.9 Å². The Morgan fingerprint density at radius 3 is 2.34 bits per heavy atom. The lowest BCUT2D eigenvalue weighted by Crippen LogP contribution is -2.45. The van der Waals surface area contributed by atoms with Gasteiger partial charge >= 0.3 is 15.5 Å². The third kappa shape index (κ3) is 8.37. The van der Waals surface area contributed by atoms with Gasteiger partial charge in [-0.25, -0.2) is 8.42 Å². The van der Waals surface area contributed by atoms with Crippen LogP contribution in [0.1, 0.15) is 46.5 Å². The second kappa shape index (κ2) is 11.6. The molecule has 12 heteroatoms. The summed E-state index contributed by atoms with van der Waals surface area (Å²) in [7, 11) is -5.26. The number of carbonyl (C=O) groups is 1. The van der Waals surface area contributed by atoms with E-state index in [2.05, 4.69) is 20.9 Å². The molecule has 0 radical (unpaired) electrons. The summed E-state index contributed by atoms with van der Waals surface area (Å²) in [6.07, 6.45) is 1.78. The highest BCUT2D eigenvalue weighted by Crippen LogP contribution is 2.30. The van der Waals surface area contributed by atoms with Crippen LogP contribution in [0.2, 0.25) is 0 Å². The Hall–Kier alpha value is -1.56. The van der Waals surface area contributed by atoms with Gasteiger partial charge in [-0.3, -0.25) is 9.79 Å². The van der Waals surface area contributed by atoms with Crippen molar-refractivity contribution in [1.82, 2.24) is 20.3 Å². The van der Waals surface area contributed by atoms with Gasteiger partial charge < -0.3 is 16.0 Å². The average molecular weight is 444 g/mol. The minimum atomic E-state index is -5.26. The molecule has 1 atom stereocenters. The quantitative estimate of drug-likeness (QED) is 0.369. The van der Waals surface area contributed by atoms with Crippen molar-refractivity contribution < 1.29 is 26.4 Å². The number of hydrogen-bond donors (Lipinski definition) is 3. The van der Waals surface area contributed by atoms with Gasteiger partial charge in [0.2, 0.25) is 5.91 Å². The minimum Gasteiger partial charge on any atom is -0.357 e. The highest BCUT2D eigenvalue weighted by Gasteiger charge is 2.50. The first kappa shape index (κ1) is 25.5. The summed E-state index contributed by atoms with van der Waals surface area (Å²) in [6.45, 7) is 6.87. The summed E-state index contributed by atoms with van der Waals surface area (Å²) in [5.41, 5.74) is -5.26. The summed E-state index contributed by atoms with van der Waals surface area (Å²) in [4.78, 5) is 16.2. The number of hydrogen-bond acceptors (Lipinski definition) is 4. The normalized spacial score (nSPS) is 18.3. The molecule has 1 heterocycles. The van der Waals surface area contributed by atoms with E-state index in [0.29, 0.717) is 49.2 Å². The monoisotopic (exact) mass is 443 g/mol. The van der Waals surface area contributed by atoms with Gasteiger partial charge in [-0.15, -0.1) is 0 Å². The van der Waals surface area contributed by atoms with E-state index in [-0.39, 0.29) is 31.0 Å².